The number of sulfonamides is 2. The zero-order valence-electron chi connectivity index (χ0n) is 52.0. The fraction of sp³-hybridized carbons (Fsp3) is 0.525. The van der Waals surface area contributed by atoms with E-state index < -0.39 is 117 Å². The number of carbonyl (C=O) groups is 5. The van der Waals surface area contributed by atoms with Gasteiger partial charge in [0.05, 0.1) is 9.85 Å². The summed E-state index contributed by atoms with van der Waals surface area (Å²) in [6.07, 6.45) is -2.45. The topological polar surface area (TPSA) is 334 Å². The monoisotopic (exact) mass is 1280 g/mol. The summed E-state index contributed by atoms with van der Waals surface area (Å²) in [6.45, 7) is 14.2. The maximum Gasteiger partial charge on any atom is 0.410 e. The number of aliphatic carboxylic acids is 1. The van der Waals surface area contributed by atoms with Crippen molar-refractivity contribution < 1.29 is 74.7 Å². The number of unbranched alkanes of at least 4 members (excludes halogenated alkanes) is 2. The molecule has 1 atom stereocenters. The van der Waals surface area contributed by atoms with E-state index in [9.17, 15) is 66.1 Å². The number of hydrogen-bond acceptors (Lipinski definition) is 17. The van der Waals surface area contributed by atoms with Crippen molar-refractivity contribution in [3.8, 4) is 11.1 Å². The first kappa shape index (κ1) is 71.8. The molecule has 0 saturated heterocycles. The van der Waals surface area contributed by atoms with Gasteiger partial charge in [-0.05, 0) is 148 Å². The predicted molar refractivity (Wildman–Crippen MR) is 330 cm³/mol. The van der Waals surface area contributed by atoms with E-state index in [1.807, 2.05) is 48.5 Å². The van der Waals surface area contributed by atoms with Gasteiger partial charge in [0.25, 0.3) is 11.4 Å². The lowest BCUT2D eigenvalue weighted by molar-refractivity contribution is -0.388. The lowest BCUT2D eigenvalue weighted by atomic mass is 9.98. The minimum atomic E-state index is -4.77. The number of fused-ring (bicyclic) bond motifs is 3. The first-order valence-corrected chi connectivity index (χ1v) is 32.3. The summed E-state index contributed by atoms with van der Waals surface area (Å²) >= 11 is 0. The number of amides is 4. The number of alkyl carbamates (subject to hydrolysis) is 2. The zero-order chi connectivity index (χ0) is 65.9. The van der Waals surface area contributed by atoms with Crippen LogP contribution in [0.25, 0.3) is 11.1 Å². The fourth-order valence-corrected chi connectivity index (χ4v) is 13.1. The van der Waals surface area contributed by atoms with Crippen molar-refractivity contribution in [2.45, 2.75) is 152 Å². The van der Waals surface area contributed by atoms with E-state index in [0.29, 0.717) is 19.3 Å². The molecule has 3 N–H and O–H groups in total. The molecule has 0 aromatic heterocycles. The molecule has 4 amide bonds. The van der Waals surface area contributed by atoms with Crippen molar-refractivity contribution >= 4 is 61.8 Å². The molecule has 26 nitrogen and oxygen atoms in total. The van der Waals surface area contributed by atoms with E-state index in [0.717, 1.165) is 55.1 Å². The molecule has 0 fully saturated rings. The molecule has 0 aliphatic heterocycles. The van der Waals surface area contributed by atoms with Crippen molar-refractivity contribution in [3.05, 3.63) is 128 Å². The van der Waals surface area contributed by atoms with Crippen LogP contribution in [-0.2, 0) is 43.8 Å². The lowest BCUT2D eigenvalue weighted by Crippen LogP contribution is -2.42. The van der Waals surface area contributed by atoms with Gasteiger partial charge < -0.3 is 44.5 Å². The first-order valence-electron chi connectivity index (χ1n) is 29.4. The predicted octanol–water partition coefficient (Wildman–Crippen LogP) is 10.3. The van der Waals surface area contributed by atoms with Crippen LogP contribution in [0.3, 0.4) is 0 Å². The number of nitrogens with zero attached hydrogens (tertiary/aromatic N) is 6. The number of carbonyl (C=O) groups excluding carboxylic acids is 4. The second-order valence-electron chi connectivity index (χ2n) is 24.2. The van der Waals surface area contributed by atoms with Crippen molar-refractivity contribution in [1.82, 2.24) is 29.0 Å². The van der Waals surface area contributed by atoms with E-state index >= 15 is 0 Å². The van der Waals surface area contributed by atoms with Gasteiger partial charge in [0, 0.05) is 77.0 Å². The Bertz CT molecular complexity index is 3300. The van der Waals surface area contributed by atoms with Gasteiger partial charge >= 0.3 is 30.3 Å². The van der Waals surface area contributed by atoms with Crippen LogP contribution in [-0.4, -0.2) is 169 Å². The maximum absolute atomic E-state index is 14.6. The molecule has 28 heteroatoms. The Balaban J connectivity index is 1.31. The maximum atomic E-state index is 14.6. The fourth-order valence-electron chi connectivity index (χ4n) is 9.79. The number of nitro groups is 2. The van der Waals surface area contributed by atoms with Crippen molar-refractivity contribution in [2.24, 2.45) is 0 Å². The highest BCUT2D eigenvalue weighted by atomic mass is 32.2. The van der Waals surface area contributed by atoms with Crippen molar-refractivity contribution in [2.75, 3.05) is 65.5 Å². The third-order valence-electron chi connectivity index (χ3n) is 13.8. The Kier molecular flexibility index (Phi) is 25.8. The molecule has 1 aliphatic rings. The summed E-state index contributed by atoms with van der Waals surface area (Å²) in [4.78, 5) is 89.2. The summed E-state index contributed by atoms with van der Waals surface area (Å²) in [5.74, 6) is -1.69. The van der Waals surface area contributed by atoms with Gasteiger partial charge in [-0.3, -0.25) is 20.2 Å². The van der Waals surface area contributed by atoms with Crippen LogP contribution in [0.15, 0.2) is 107 Å². The molecular weight excluding hydrogens is 1200 g/mol. The SMILES string of the molecule is CC(C)(C)OC(=O)NCCCN(CCCCN(CCCN(CCCN(CCCC[C@H](NC(=O)OCC1c2ccccc2-c2ccccc21)C(=O)O)S(=O)(=O)c1ccccc1[N+](=O)[O-])S(=O)(=O)c1ccccc1[N+](=O)[O-])C(=O)OC(C)(C)C)C(=O)OC(C)(C)C. The lowest BCUT2D eigenvalue weighted by Gasteiger charge is -2.30. The largest absolute Gasteiger partial charge is 0.480 e. The van der Waals surface area contributed by atoms with Crippen molar-refractivity contribution in [3.63, 3.8) is 0 Å². The summed E-state index contributed by atoms with van der Waals surface area (Å²) in [6, 6.07) is 23.2. The number of rotatable bonds is 32. The van der Waals surface area contributed by atoms with Gasteiger partial charge in [0.2, 0.25) is 20.0 Å². The standard InChI is InChI=1S/C61H84N8O18S2/c1-59(2,3)85-55(72)62-34-22-37-64(57(74)86-60(4,5)6)35-20-21-36-65(58(75)87-61(7,8)9)38-23-40-67(89(82,83)53-33-17-15-31-51(53)69(78)79)42-24-41-66(88(80,81)52-32-16-14-30-50(52)68(76)77)39-19-18-29-49(54(70)71)63-56(73)84-43-48-46-27-12-10-25-44(46)45-26-11-13-28-47(45)48/h10-17,25-28,30-33,48-49H,18-24,29,34-43H2,1-9H3,(H,62,72)(H,63,73)(H,70,71)/t49-/m0/s1. The van der Waals surface area contributed by atoms with Gasteiger partial charge in [-0.2, -0.15) is 8.61 Å². The van der Waals surface area contributed by atoms with E-state index in [2.05, 4.69) is 10.6 Å². The van der Waals surface area contributed by atoms with Crippen LogP contribution in [0.2, 0.25) is 0 Å². The number of carboxylic acid groups (broad SMARTS) is 1. The van der Waals surface area contributed by atoms with Crippen LogP contribution >= 0.6 is 0 Å². The molecule has 4 aromatic carbocycles. The van der Waals surface area contributed by atoms with Gasteiger partial charge in [0.15, 0.2) is 9.79 Å². The molecule has 89 heavy (non-hydrogen) atoms. The molecule has 5 rings (SSSR count). The summed E-state index contributed by atoms with van der Waals surface area (Å²) in [5.41, 5.74) is -0.0809. The first-order chi connectivity index (χ1) is 41.7. The third kappa shape index (κ3) is 22.0. The van der Waals surface area contributed by atoms with Gasteiger partial charge in [-0.1, -0.05) is 72.8 Å². The number of nitro benzene ring substituents is 2. The van der Waals surface area contributed by atoms with Crippen LogP contribution < -0.4 is 10.6 Å². The summed E-state index contributed by atoms with van der Waals surface area (Å²) in [5, 5.41) is 39.6. The average Bonchev–Trinajstić information content (AvgIpc) is 1.84. The molecule has 0 saturated carbocycles. The average molecular weight is 1280 g/mol. The molecule has 0 bridgehead atoms. The van der Waals surface area contributed by atoms with E-state index in [1.165, 1.54) is 34.1 Å². The highest BCUT2D eigenvalue weighted by molar-refractivity contribution is 7.89. The van der Waals surface area contributed by atoms with Crippen molar-refractivity contribution in [1.29, 1.82) is 0 Å². The quantitative estimate of drug-likeness (QED) is 0.0177. The Labute approximate surface area is 520 Å². The smallest absolute Gasteiger partial charge is 0.410 e. The number of para-hydroxylation sites is 2. The molecule has 4 aromatic rings. The van der Waals surface area contributed by atoms with Crippen LogP contribution in [0, 0.1) is 20.2 Å². The van der Waals surface area contributed by atoms with E-state index in [4.69, 9.17) is 18.9 Å². The Hall–Kier alpha value is -7.95. The van der Waals surface area contributed by atoms with Crippen LogP contribution in [0.1, 0.15) is 131 Å². The highest BCUT2D eigenvalue weighted by Crippen LogP contribution is 2.44. The van der Waals surface area contributed by atoms with E-state index in [-0.39, 0.29) is 90.4 Å². The molecule has 0 radical (unpaired) electrons. The zero-order valence-corrected chi connectivity index (χ0v) is 53.6. The molecule has 0 unspecified atom stereocenters. The van der Waals surface area contributed by atoms with Crippen LogP contribution in [0.5, 0.6) is 0 Å². The molecular formula is C61H84N8O18S2. The number of carboxylic acids is 1. The summed E-state index contributed by atoms with van der Waals surface area (Å²) in [7, 11) is -9.52. The Morgan fingerprint density at radius 3 is 1.35 bits per heavy atom. The third-order valence-corrected chi connectivity index (χ3v) is 17.7. The molecule has 1 aliphatic carbocycles. The second kappa shape index (κ2) is 32.0. The normalized spacial score (nSPS) is 13.0. The number of hydrogen-bond donors (Lipinski definition) is 3. The molecule has 0 heterocycles. The summed E-state index contributed by atoms with van der Waals surface area (Å²) < 4.78 is 82.4. The molecule has 0 spiro atoms. The highest BCUT2D eigenvalue weighted by Gasteiger charge is 2.36. The number of ether oxygens (including phenoxy) is 4. The van der Waals surface area contributed by atoms with Gasteiger partial charge in [-0.15, -0.1) is 0 Å². The number of benzene rings is 4. The Morgan fingerprint density at radius 2 is 0.910 bits per heavy atom. The second-order valence-corrected chi connectivity index (χ2v) is 28.1. The number of nitrogens with one attached hydrogen (secondary N) is 2. The Morgan fingerprint density at radius 1 is 0.528 bits per heavy atom. The minimum Gasteiger partial charge on any atom is -0.480 e. The minimum absolute atomic E-state index is 0.00689. The van der Waals surface area contributed by atoms with Gasteiger partial charge in [-0.25, -0.2) is 40.8 Å². The molecule has 488 valence electrons. The van der Waals surface area contributed by atoms with Gasteiger partial charge in [0.1, 0.15) is 29.5 Å². The van der Waals surface area contributed by atoms with Crippen LogP contribution in [0.4, 0.5) is 30.6 Å². The van der Waals surface area contributed by atoms with E-state index in [1.54, 1.807) is 62.3 Å².